The Morgan fingerprint density at radius 1 is 0.439 bits per heavy atom. The van der Waals surface area contributed by atoms with E-state index >= 15 is 0 Å². The van der Waals surface area contributed by atoms with Gasteiger partial charge in [-0.3, -0.25) is 24.4 Å². The molecule has 0 saturated heterocycles. The molecule has 0 aromatic carbocycles. The van der Waals surface area contributed by atoms with Gasteiger partial charge in [0.25, 0.3) is 0 Å². The van der Waals surface area contributed by atoms with Crippen LogP contribution in [0.4, 0.5) is 39.5 Å². The number of carbonyl (C=O) groups excluding carboxylic acids is 3. The molecule has 10 nitrogen and oxygen atoms in total. The van der Waals surface area contributed by atoms with Crippen LogP contribution in [0.1, 0.15) is 90.0 Å². The summed E-state index contributed by atoms with van der Waals surface area (Å²) in [7, 11) is 0. The van der Waals surface area contributed by atoms with Gasteiger partial charge in [-0.2, -0.15) is 39.5 Å². The maximum absolute atomic E-state index is 11.7. The molecule has 0 atom stereocenters. The fraction of sp³-hybridized carbons (Fsp3) is 0.583. The van der Waals surface area contributed by atoms with Crippen molar-refractivity contribution < 1.29 is 136 Å². The van der Waals surface area contributed by atoms with E-state index in [1.54, 1.807) is 13.8 Å². The first kappa shape index (κ1) is 66.1. The molecule has 0 aliphatic rings. The Hall–Kier alpha value is -2.74. The van der Waals surface area contributed by atoms with Crippen molar-refractivity contribution in [2.24, 2.45) is 26.2 Å². The van der Waals surface area contributed by atoms with Crippen molar-refractivity contribution in [1.29, 1.82) is 0 Å². The van der Waals surface area contributed by atoms with Crippen molar-refractivity contribution in [3.8, 4) is 0 Å². The van der Waals surface area contributed by atoms with Crippen LogP contribution in [0.2, 0.25) is 0 Å². The number of nitrogens with zero attached hydrogens (tertiary/aromatic N) is 2. The van der Waals surface area contributed by atoms with Crippen molar-refractivity contribution >= 4 is 28.8 Å². The molecule has 0 rings (SSSR count). The molecule has 0 amide bonds. The minimum absolute atomic E-state index is 0. The van der Waals surface area contributed by atoms with E-state index in [4.69, 9.17) is 0 Å². The van der Waals surface area contributed by atoms with Gasteiger partial charge in [0.2, 0.25) is 0 Å². The van der Waals surface area contributed by atoms with E-state index in [2.05, 4.69) is 9.98 Å². The molecule has 2 radical (unpaired) electrons. The van der Waals surface area contributed by atoms with Gasteiger partial charge < -0.3 is 25.5 Å². The Bertz CT molecular complexity index is 1340. The van der Waals surface area contributed by atoms with Gasteiger partial charge in [0, 0.05) is 27.7 Å². The normalized spacial score (nSPS) is 14.2. The predicted molar refractivity (Wildman–Crippen MR) is 179 cm³/mol. The van der Waals surface area contributed by atoms with Crippen molar-refractivity contribution in [3.05, 3.63) is 59.2 Å². The number of rotatable bonds is 8. The van der Waals surface area contributed by atoms with Crippen LogP contribution in [-0.2, 0) is 31.5 Å². The molecular formula is C36H48CuF9GdN2O8. The summed E-state index contributed by atoms with van der Waals surface area (Å²) in [6.45, 7) is 20.5. The van der Waals surface area contributed by atoms with E-state index in [1.807, 2.05) is 0 Å². The number of hydrogen-bond acceptors (Lipinski definition) is 10. The zero-order chi connectivity index (χ0) is 45.1. The molecule has 0 N–H and O–H groups in total. The van der Waals surface area contributed by atoms with Crippen molar-refractivity contribution in [1.82, 2.24) is 0 Å². The summed E-state index contributed by atoms with van der Waals surface area (Å²) >= 11 is 0. The molecule has 57 heavy (non-hydrogen) atoms. The summed E-state index contributed by atoms with van der Waals surface area (Å²) in [5.74, 6) is -8.80. The van der Waals surface area contributed by atoms with E-state index in [0.29, 0.717) is 24.5 Å². The zero-order valence-electron chi connectivity index (χ0n) is 33.5. The first-order valence-corrected chi connectivity index (χ1v) is 15.8. The maximum atomic E-state index is 11.7. The van der Waals surface area contributed by atoms with E-state index in [0.717, 1.165) is 0 Å². The third kappa shape index (κ3) is 38.5. The Morgan fingerprint density at radius 2 is 0.614 bits per heavy atom. The van der Waals surface area contributed by atoms with E-state index in [1.165, 1.54) is 88.3 Å². The molecule has 0 saturated carbocycles. The van der Waals surface area contributed by atoms with E-state index < -0.39 is 69.4 Å². The average molecular weight is 1030 g/mol. The molecule has 0 spiro atoms. The van der Waals surface area contributed by atoms with Gasteiger partial charge in [0.15, 0.2) is 17.3 Å². The molecule has 0 bridgehead atoms. The van der Waals surface area contributed by atoms with Crippen molar-refractivity contribution in [2.75, 3.05) is 13.1 Å². The molecule has 21 heteroatoms. The van der Waals surface area contributed by atoms with Gasteiger partial charge in [0.05, 0.1) is 13.1 Å². The third-order valence-corrected chi connectivity index (χ3v) is 5.49. The number of alkyl halides is 9. The maximum Gasteiger partial charge on any atom is 3.00 e. The summed E-state index contributed by atoms with van der Waals surface area (Å²) in [5, 5.41) is 52.4. The molecule has 0 aliphatic heterocycles. The fourth-order valence-electron chi connectivity index (χ4n) is 2.38. The second-order valence-corrected chi connectivity index (χ2v) is 14.4. The van der Waals surface area contributed by atoms with Gasteiger partial charge in [-0.1, -0.05) is 88.3 Å². The molecule has 0 aliphatic carbocycles. The van der Waals surface area contributed by atoms with Crippen LogP contribution in [0, 0.1) is 56.2 Å². The largest absolute Gasteiger partial charge is 3.00 e. The van der Waals surface area contributed by atoms with E-state index in [9.17, 15) is 79.4 Å². The molecule has 0 heterocycles. The molecule has 0 aromatic heterocycles. The fourth-order valence-corrected chi connectivity index (χ4v) is 2.38. The van der Waals surface area contributed by atoms with Crippen LogP contribution < -0.4 is 25.5 Å². The smallest absolute Gasteiger partial charge is 0.876 e. The quantitative estimate of drug-likeness (QED) is 0.0838. The molecule has 0 aromatic rings. The Morgan fingerprint density at radius 3 is 0.737 bits per heavy atom. The standard InChI is InChI=1S/C12H20N2O2.3C8H11F3O2.Cu.Gd/c1-9(7-11(3)15)13-5-6-14-10(2)8-12(4)16;3*1-7(2,3)5(12)4-6(13)8(9,10)11;;/h7-8,15-16H,5-6H2,1-4H3;3*4,13H,1-3H3;;/q;;;;+2;+3/p-5/b11-7-,12-8-,13-9?,14-10?;3*6-4-;;. The average Bonchev–Trinajstić information content (AvgIpc) is 2.92. The van der Waals surface area contributed by atoms with Crippen LogP contribution in [-0.4, -0.2) is 60.4 Å². The van der Waals surface area contributed by atoms with Gasteiger partial charge in [0.1, 0.15) is 0 Å². The summed E-state index contributed by atoms with van der Waals surface area (Å²) in [6.07, 6.45) is -11.6. The van der Waals surface area contributed by atoms with Gasteiger partial charge in [-0.05, 0) is 49.4 Å². The Kier molecular flexibility index (Phi) is 32.3. The van der Waals surface area contributed by atoms with Crippen molar-refractivity contribution in [2.45, 2.75) is 109 Å². The molecular weight excluding hydrogens is 980 g/mol. The zero-order valence-corrected chi connectivity index (χ0v) is 36.7. The summed E-state index contributed by atoms with van der Waals surface area (Å²) in [6, 6.07) is 0. The van der Waals surface area contributed by atoms with Crippen LogP contribution >= 0.6 is 0 Å². The first-order valence-electron chi connectivity index (χ1n) is 15.8. The molecule has 0 unspecified atom stereocenters. The number of ketones is 3. The second kappa shape index (κ2) is 27.9. The Labute approximate surface area is 370 Å². The van der Waals surface area contributed by atoms with Gasteiger partial charge in [-0.25, -0.2) is 0 Å². The minimum atomic E-state index is -4.96. The molecule has 0 fully saturated rings. The number of allylic oxidation sites excluding steroid dienone is 10. The Balaban J connectivity index is -0.000000151. The number of carbonyl (C=O) groups is 3. The molecule has 332 valence electrons. The number of hydrogen-bond donors (Lipinski definition) is 0. The first-order chi connectivity index (χ1) is 24.1. The van der Waals surface area contributed by atoms with Gasteiger partial charge >= 0.3 is 75.5 Å². The SMILES string of the molecule is CC(/C=C(/C)[O-])=NCCN=C(C)/C=C(/C)[O-].CC(C)(C)C(=O)/C=C(\[O-])C(F)(F)F.CC(C)(C)C(=O)/C=C(\[O-])C(F)(F)F.CC(C)(C)C(=O)/C=C(\[O-])C(F)(F)F.[Cu+2].[Gd+3]. The summed E-state index contributed by atoms with van der Waals surface area (Å²) in [5.41, 5.74) is -1.46. The minimum Gasteiger partial charge on any atom is -0.876 e. The predicted octanol–water partition coefficient (Wildman–Crippen LogP) is 4.66. The second-order valence-electron chi connectivity index (χ2n) is 14.4. The number of halogens is 9. The summed E-state index contributed by atoms with van der Waals surface area (Å²) < 4.78 is 105. The van der Waals surface area contributed by atoms with Crippen LogP contribution in [0.25, 0.3) is 0 Å². The summed E-state index contributed by atoms with van der Waals surface area (Å²) in [4.78, 5) is 41.1. The number of aliphatic imine (C=N–C) groups is 2. The monoisotopic (exact) mass is 1030 g/mol. The van der Waals surface area contributed by atoms with Crippen molar-refractivity contribution in [3.63, 3.8) is 0 Å². The third-order valence-electron chi connectivity index (χ3n) is 5.49. The van der Waals surface area contributed by atoms with Crippen LogP contribution in [0.15, 0.2) is 69.2 Å². The van der Waals surface area contributed by atoms with Crippen LogP contribution in [0.3, 0.4) is 0 Å². The topological polar surface area (TPSA) is 191 Å². The van der Waals surface area contributed by atoms with Crippen LogP contribution in [0.5, 0.6) is 0 Å². The van der Waals surface area contributed by atoms with Gasteiger partial charge in [-0.15, -0.1) is 11.5 Å². The van der Waals surface area contributed by atoms with E-state index in [-0.39, 0.29) is 86.8 Å².